The fraction of sp³-hybridized carbons (Fsp3) is 0.333. The Hall–Kier alpha value is -3.38. The average molecular weight is 442 g/mol. The summed E-state index contributed by atoms with van der Waals surface area (Å²) in [6.45, 7) is 4.22. The van der Waals surface area contributed by atoms with E-state index in [9.17, 15) is 14.7 Å². The van der Waals surface area contributed by atoms with Gasteiger partial charge in [-0.1, -0.05) is 24.3 Å². The molecule has 0 aliphatic carbocycles. The van der Waals surface area contributed by atoms with Gasteiger partial charge in [-0.05, 0) is 54.7 Å². The summed E-state index contributed by atoms with van der Waals surface area (Å²) in [7, 11) is 0. The van der Waals surface area contributed by atoms with Gasteiger partial charge in [0.2, 0.25) is 0 Å². The summed E-state index contributed by atoms with van der Waals surface area (Å²) in [4.78, 5) is 33.3. The van der Waals surface area contributed by atoms with Crippen molar-refractivity contribution in [2.75, 3.05) is 36.0 Å². The van der Waals surface area contributed by atoms with Gasteiger partial charge in [-0.3, -0.25) is 14.5 Å². The maximum Gasteiger partial charge on any atom is 0.261 e. The van der Waals surface area contributed by atoms with Crippen molar-refractivity contribution in [1.29, 1.82) is 0 Å². The molecule has 0 bridgehead atoms. The normalized spacial score (nSPS) is 17.8. The van der Waals surface area contributed by atoms with E-state index in [0.717, 1.165) is 59.5 Å². The first-order chi connectivity index (χ1) is 16.2. The predicted octanol–water partition coefficient (Wildman–Crippen LogP) is 3.94. The molecule has 0 radical (unpaired) electrons. The molecule has 3 aliphatic rings. The number of aliphatic hydroxyl groups is 1. The monoisotopic (exact) mass is 441 g/mol. The maximum absolute atomic E-state index is 13.6. The summed E-state index contributed by atoms with van der Waals surface area (Å²) in [5.74, 6) is -0.477. The fourth-order valence-corrected chi connectivity index (χ4v) is 5.32. The third-order valence-corrected chi connectivity index (χ3v) is 7.26. The number of nitrogens with zero attached hydrogens (tertiary/aromatic N) is 3. The SMILES string of the molecule is O=C1c2ccc(N3CCCC3)c3c(N4CCC4)ccc(c23)C(=O)N1Cc1ccc(CO)cc1. The third kappa shape index (κ3) is 3.20. The van der Waals surface area contributed by atoms with Gasteiger partial charge < -0.3 is 14.9 Å². The Morgan fingerprint density at radius 1 is 0.636 bits per heavy atom. The minimum atomic E-state index is -0.238. The summed E-state index contributed by atoms with van der Waals surface area (Å²) in [6, 6.07) is 15.3. The van der Waals surface area contributed by atoms with Crippen molar-refractivity contribution in [3.8, 4) is 0 Å². The Morgan fingerprint density at radius 3 is 1.64 bits per heavy atom. The summed E-state index contributed by atoms with van der Waals surface area (Å²) < 4.78 is 0. The molecule has 6 rings (SSSR count). The number of benzene rings is 3. The van der Waals surface area contributed by atoms with Gasteiger partial charge >= 0.3 is 0 Å². The molecule has 0 atom stereocenters. The van der Waals surface area contributed by atoms with Crippen LogP contribution in [-0.2, 0) is 13.2 Å². The van der Waals surface area contributed by atoms with E-state index < -0.39 is 0 Å². The second-order valence-electron chi connectivity index (χ2n) is 9.22. The molecule has 0 aromatic heterocycles. The first-order valence-corrected chi connectivity index (χ1v) is 11.8. The molecule has 6 heteroatoms. The molecular weight excluding hydrogens is 414 g/mol. The van der Waals surface area contributed by atoms with Gasteiger partial charge in [0.1, 0.15) is 0 Å². The van der Waals surface area contributed by atoms with Crippen molar-refractivity contribution in [1.82, 2.24) is 4.90 Å². The van der Waals surface area contributed by atoms with E-state index >= 15 is 0 Å². The van der Waals surface area contributed by atoms with Gasteiger partial charge in [0.15, 0.2) is 0 Å². The van der Waals surface area contributed by atoms with E-state index in [1.54, 1.807) is 0 Å². The van der Waals surface area contributed by atoms with Crippen LogP contribution in [-0.4, -0.2) is 48.0 Å². The Kier molecular flexibility index (Phi) is 4.84. The topological polar surface area (TPSA) is 64.1 Å². The molecule has 3 heterocycles. The highest BCUT2D eigenvalue weighted by molar-refractivity contribution is 6.28. The van der Waals surface area contributed by atoms with E-state index in [1.807, 2.05) is 36.4 Å². The number of anilines is 2. The van der Waals surface area contributed by atoms with E-state index in [-0.39, 0.29) is 25.0 Å². The number of carbonyl (C=O) groups is 2. The third-order valence-electron chi connectivity index (χ3n) is 7.26. The van der Waals surface area contributed by atoms with Crippen molar-refractivity contribution >= 4 is 34.0 Å². The van der Waals surface area contributed by atoms with Crippen LogP contribution in [0.4, 0.5) is 11.4 Å². The van der Waals surface area contributed by atoms with Gasteiger partial charge in [0.25, 0.3) is 11.8 Å². The highest BCUT2D eigenvalue weighted by Crippen LogP contribution is 2.43. The molecule has 2 amide bonds. The van der Waals surface area contributed by atoms with Gasteiger partial charge in [-0.2, -0.15) is 0 Å². The van der Waals surface area contributed by atoms with Crippen molar-refractivity contribution < 1.29 is 14.7 Å². The quantitative estimate of drug-likeness (QED) is 0.608. The second kappa shape index (κ2) is 7.89. The van der Waals surface area contributed by atoms with Crippen LogP contribution in [0.15, 0.2) is 48.5 Å². The first-order valence-electron chi connectivity index (χ1n) is 11.8. The smallest absolute Gasteiger partial charge is 0.261 e. The van der Waals surface area contributed by atoms with E-state index in [0.29, 0.717) is 11.1 Å². The molecule has 0 unspecified atom stereocenters. The van der Waals surface area contributed by atoms with Gasteiger partial charge in [0, 0.05) is 59.5 Å². The predicted molar refractivity (Wildman–Crippen MR) is 129 cm³/mol. The molecular formula is C27H27N3O3. The lowest BCUT2D eigenvalue weighted by atomic mass is 9.90. The van der Waals surface area contributed by atoms with Gasteiger partial charge in [-0.25, -0.2) is 0 Å². The maximum atomic E-state index is 13.6. The molecule has 168 valence electrons. The molecule has 0 saturated carbocycles. The molecule has 3 aromatic carbocycles. The molecule has 3 aliphatic heterocycles. The van der Waals surface area contributed by atoms with Gasteiger partial charge in [0.05, 0.1) is 13.2 Å². The molecule has 2 saturated heterocycles. The van der Waals surface area contributed by atoms with Gasteiger partial charge in [-0.15, -0.1) is 0 Å². The van der Waals surface area contributed by atoms with Crippen molar-refractivity contribution in [3.63, 3.8) is 0 Å². The number of carbonyl (C=O) groups excluding carboxylic acids is 2. The molecule has 0 spiro atoms. The minimum absolute atomic E-state index is 0.0318. The second-order valence-corrected chi connectivity index (χ2v) is 9.22. The minimum Gasteiger partial charge on any atom is -0.392 e. The van der Waals surface area contributed by atoms with Crippen LogP contribution in [0, 0.1) is 0 Å². The van der Waals surface area contributed by atoms with Crippen molar-refractivity contribution in [2.24, 2.45) is 0 Å². The van der Waals surface area contributed by atoms with Crippen LogP contribution in [0.5, 0.6) is 0 Å². The van der Waals surface area contributed by atoms with Crippen molar-refractivity contribution in [2.45, 2.75) is 32.4 Å². The Bertz CT molecular complexity index is 1240. The Morgan fingerprint density at radius 2 is 1.15 bits per heavy atom. The Balaban J connectivity index is 1.47. The lowest BCUT2D eigenvalue weighted by molar-refractivity contribution is 0.0598. The number of rotatable bonds is 5. The van der Waals surface area contributed by atoms with Crippen LogP contribution in [0.1, 0.15) is 51.1 Å². The number of hydrogen-bond acceptors (Lipinski definition) is 5. The number of imide groups is 1. The number of hydrogen-bond donors (Lipinski definition) is 1. The highest BCUT2D eigenvalue weighted by Gasteiger charge is 2.35. The fourth-order valence-electron chi connectivity index (χ4n) is 5.32. The Labute approximate surface area is 193 Å². The van der Waals surface area contributed by atoms with Crippen molar-refractivity contribution in [3.05, 3.63) is 70.8 Å². The average Bonchev–Trinajstić information content (AvgIpc) is 3.34. The number of amides is 2. The zero-order valence-electron chi connectivity index (χ0n) is 18.6. The van der Waals surface area contributed by atoms with Crippen LogP contribution in [0.25, 0.3) is 10.8 Å². The lowest BCUT2D eigenvalue weighted by Gasteiger charge is -2.37. The summed E-state index contributed by atoms with van der Waals surface area (Å²) in [6.07, 6.45) is 3.51. The highest BCUT2D eigenvalue weighted by atomic mass is 16.3. The zero-order valence-corrected chi connectivity index (χ0v) is 18.6. The molecule has 6 nitrogen and oxygen atoms in total. The summed E-state index contributed by atoms with van der Waals surface area (Å²) >= 11 is 0. The van der Waals surface area contributed by atoms with E-state index in [4.69, 9.17) is 0 Å². The molecule has 33 heavy (non-hydrogen) atoms. The standard InChI is InChI=1S/C27H27N3O3/c31-17-19-6-4-18(5-7-19)16-30-26(32)20-8-10-22(28-12-1-2-13-28)25-23(29-14-3-15-29)11-9-21(24(20)25)27(30)33/h4-11,31H,1-3,12-17H2. The molecule has 3 aromatic rings. The van der Waals surface area contributed by atoms with Crippen LogP contribution in [0.3, 0.4) is 0 Å². The van der Waals surface area contributed by atoms with Crippen LogP contribution >= 0.6 is 0 Å². The first kappa shape index (κ1) is 20.2. The summed E-state index contributed by atoms with van der Waals surface area (Å²) in [5, 5.41) is 11.2. The largest absolute Gasteiger partial charge is 0.392 e. The molecule has 1 N–H and O–H groups in total. The lowest BCUT2D eigenvalue weighted by Crippen LogP contribution is -2.41. The zero-order chi connectivity index (χ0) is 22.5. The van der Waals surface area contributed by atoms with E-state index in [1.165, 1.54) is 24.2 Å². The molecule has 2 fully saturated rings. The van der Waals surface area contributed by atoms with Crippen LogP contribution in [0.2, 0.25) is 0 Å². The van der Waals surface area contributed by atoms with Crippen LogP contribution < -0.4 is 9.80 Å². The number of aliphatic hydroxyl groups excluding tert-OH is 1. The van der Waals surface area contributed by atoms with E-state index in [2.05, 4.69) is 21.9 Å². The summed E-state index contributed by atoms with van der Waals surface area (Å²) in [5.41, 5.74) is 5.16.